The molecule has 8 nitrogen and oxygen atoms in total. The average Bonchev–Trinajstić information content (AvgIpc) is 3.07. The summed E-state index contributed by atoms with van der Waals surface area (Å²) in [6, 6.07) is 8.86. The highest BCUT2D eigenvalue weighted by Gasteiger charge is 2.55. The van der Waals surface area contributed by atoms with Crippen LogP contribution in [0.3, 0.4) is 0 Å². The van der Waals surface area contributed by atoms with Crippen molar-refractivity contribution >= 4 is 23.4 Å². The number of piperidine rings is 1. The highest BCUT2D eigenvalue weighted by Crippen LogP contribution is 2.48. The molecule has 1 unspecified atom stereocenters. The van der Waals surface area contributed by atoms with Crippen molar-refractivity contribution in [1.29, 1.82) is 5.26 Å². The molecule has 4 aliphatic rings. The summed E-state index contributed by atoms with van der Waals surface area (Å²) in [4.78, 5) is 43.2. The van der Waals surface area contributed by atoms with Gasteiger partial charge in [-0.05, 0) is 43.4 Å². The number of benzene rings is 1. The number of hydrogen-bond acceptors (Lipinski definition) is 5. The summed E-state index contributed by atoms with van der Waals surface area (Å²) in [6.07, 6.45) is 2.53. The Bertz CT molecular complexity index is 972. The van der Waals surface area contributed by atoms with E-state index in [0.29, 0.717) is 30.3 Å². The van der Waals surface area contributed by atoms with Gasteiger partial charge in [0.1, 0.15) is 6.04 Å². The summed E-state index contributed by atoms with van der Waals surface area (Å²) >= 11 is 0. The number of carbonyl (C=O) groups excluding carboxylic acids is 3. The lowest BCUT2D eigenvalue weighted by atomic mass is 10.1. The van der Waals surface area contributed by atoms with E-state index in [9.17, 15) is 19.6 Å². The van der Waals surface area contributed by atoms with Crippen LogP contribution in [0.4, 0.5) is 5.69 Å². The lowest BCUT2D eigenvalue weighted by molar-refractivity contribution is -0.137. The van der Waals surface area contributed by atoms with Crippen molar-refractivity contribution in [1.82, 2.24) is 9.80 Å². The first-order valence-corrected chi connectivity index (χ1v) is 10.6. The number of nitriles is 1. The molecule has 30 heavy (non-hydrogen) atoms. The summed E-state index contributed by atoms with van der Waals surface area (Å²) in [5, 5.41) is 9.37. The van der Waals surface area contributed by atoms with E-state index < -0.39 is 5.91 Å². The van der Waals surface area contributed by atoms with E-state index in [4.69, 9.17) is 5.73 Å². The fourth-order valence-corrected chi connectivity index (χ4v) is 5.59. The largest absolute Gasteiger partial charge is 0.366 e. The Hall–Kier alpha value is -2.92. The highest BCUT2D eigenvalue weighted by molar-refractivity contribution is 6.02. The number of carbonyl (C=O) groups is 3. The topological polar surface area (TPSA) is 111 Å². The van der Waals surface area contributed by atoms with Crippen LogP contribution in [0.15, 0.2) is 24.3 Å². The van der Waals surface area contributed by atoms with Gasteiger partial charge < -0.3 is 15.5 Å². The fraction of sp³-hybridized carbons (Fsp3) is 0.545. The molecule has 3 saturated heterocycles. The molecule has 1 aromatic carbocycles. The maximum Gasteiger partial charge on any atom is 0.248 e. The zero-order valence-corrected chi connectivity index (χ0v) is 16.9. The lowest BCUT2D eigenvalue weighted by Crippen LogP contribution is -2.53. The normalized spacial score (nSPS) is 32.8. The second kappa shape index (κ2) is 6.81. The minimum absolute atomic E-state index is 0.00542. The fourth-order valence-electron chi connectivity index (χ4n) is 5.59. The van der Waals surface area contributed by atoms with E-state index in [2.05, 4.69) is 11.0 Å². The van der Waals surface area contributed by atoms with Gasteiger partial charge in [-0.2, -0.15) is 5.26 Å². The van der Waals surface area contributed by atoms with E-state index in [0.717, 1.165) is 19.3 Å². The van der Waals surface area contributed by atoms with Crippen LogP contribution >= 0.6 is 0 Å². The summed E-state index contributed by atoms with van der Waals surface area (Å²) in [5.74, 6) is -0.226. The SMILES string of the molecule is C[C@@H](CN1C[C@@H]2C[C@H]1C(=O)N2c1cccc(C(N)=O)c1)C(=O)N1C2C[C@H]2C[C@H]1C#N. The first-order valence-electron chi connectivity index (χ1n) is 10.6. The molecule has 156 valence electrons. The first-order chi connectivity index (χ1) is 14.4. The Kier molecular flexibility index (Phi) is 4.33. The zero-order valence-electron chi connectivity index (χ0n) is 16.9. The molecule has 1 saturated carbocycles. The molecule has 1 aromatic rings. The number of rotatable bonds is 5. The number of hydrogen-bond donors (Lipinski definition) is 1. The van der Waals surface area contributed by atoms with Gasteiger partial charge in [0.2, 0.25) is 17.7 Å². The van der Waals surface area contributed by atoms with Gasteiger partial charge in [-0.1, -0.05) is 13.0 Å². The molecule has 5 rings (SSSR count). The molecule has 3 amide bonds. The van der Waals surface area contributed by atoms with Gasteiger partial charge >= 0.3 is 0 Å². The zero-order chi connectivity index (χ0) is 21.2. The van der Waals surface area contributed by atoms with Gasteiger partial charge in [-0.25, -0.2) is 0 Å². The third kappa shape index (κ3) is 2.88. The summed E-state index contributed by atoms with van der Waals surface area (Å²) in [5.41, 5.74) is 6.45. The first kappa shape index (κ1) is 19.1. The van der Waals surface area contributed by atoms with Gasteiger partial charge in [-0.15, -0.1) is 0 Å². The van der Waals surface area contributed by atoms with Crippen LogP contribution in [0, 0.1) is 23.2 Å². The second-order valence-corrected chi connectivity index (χ2v) is 9.07. The minimum atomic E-state index is -0.516. The number of nitrogens with zero attached hydrogens (tertiary/aromatic N) is 4. The highest BCUT2D eigenvalue weighted by atomic mass is 16.2. The van der Waals surface area contributed by atoms with Crippen molar-refractivity contribution in [2.45, 2.75) is 50.4 Å². The number of amides is 3. The molecule has 0 radical (unpaired) electrons. The van der Waals surface area contributed by atoms with Gasteiger partial charge in [0.25, 0.3) is 0 Å². The molecule has 2 N–H and O–H groups in total. The van der Waals surface area contributed by atoms with Crippen molar-refractivity contribution in [3.05, 3.63) is 29.8 Å². The van der Waals surface area contributed by atoms with Gasteiger partial charge in [0, 0.05) is 36.3 Å². The molecule has 1 aliphatic carbocycles. The van der Waals surface area contributed by atoms with Gasteiger partial charge in [0.15, 0.2) is 0 Å². The number of primary amides is 1. The molecule has 0 spiro atoms. The Labute approximate surface area is 175 Å². The van der Waals surface area contributed by atoms with Gasteiger partial charge in [-0.3, -0.25) is 19.3 Å². The monoisotopic (exact) mass is 407 g/mol. The van der Waals surface area contributed by atoms with Crippen LogP contribution in [0.1, 0.15) is 36.5 Å². The smallest absolute Gasteiger partial charge is 0.248 e. The van der Waals surface area contributed by atoms with Crippen LogP contribution in [-0.4, -0.2) is 64.8 Å². The lowest BCUT2D eigenvalue weighted by Gasteiger charge is -2.36. The molecule has 0 aromatic heterocycles. The number of nitrogens with two attached hydrogens (primary N) is 1. The van der Waals surface area contributed by atoms with Crippen LogP contribution in [-0.2, 0) is 9.59 Å². The number of likely N-dealkylation sites (tertiary alicyclic amines) is 2. The molecular formula is C22H25N5O3. The summed E-state index contributed by atoms with van der Waals surface area (Å²) in [6.45, 7) is 3.12. The second-order valence-electron chi connectivity index (χ2n) is 9.07. The van der Waals surface area contributed by atoms with E-state index >= 15 is 0 Å². The van der Waals surface area contributed by atoms with Crippen molar-refractivity contribution < 1.29 is 14.4 Å². The van der Waals surface area contributed by atoms with Crippen LogP contribution in [0.5, 0.6) is 0 Å². The molecule has 6 atom stereocenters. The van der Waals surface area contributed by atoms with Crippen molar-refractivity contribution in [2.24, 2.45) is 17.6 Å². The maximum absolute atomic E-state index is 13.1. The molecule has 2 bridgehead atoms. The molecule has 4 fully saturated rings. The molecule has 3 aliphatic heterocycles. The Morgan fingerprint density at radius 1 is 1.30 bits per heavy atom. The Balaban J connectivity index is 1.26. The quantitative estimate of drug-likeness (QED) is 0.773. The average molecular weight is 407 g/mol. The number of piperazine rings is 1. The summed E-state index contributed by atoms with van der Waals surface area (Å²) in [7, 11) is 0. The standard InChI is InChI=1S/C22H25N5O3/c1-12(21(29)27-16(9-23)6-14-7-18(14)27)10-25-11-17-8-19(25)22(30)26(17)15-4-2-3-13(5-15)20(24)28/h2-5,12,14,16-19H,6-8,10-11H2,1H3,(H2,24,28)/t12-,14+,16-,17-,18?,19-/m0/s1. The predicted molar refractivity (Wildman–Crippen MR) is 108 cm³/mol. The van der Waals surface area contributed by atoms with Gasteiger partial charge in [0.05, 0.1) is 18.2 Å². The van der Waals surface area contributed by atoms with E-state index in [-0.39, 0.29) is 41.9 Å². The van der Waals surface area contributed by atoms with E-state index in [1.165, 1.54) is 0 Å². The van der Waals surface area contributed by atoms with Crippen LogP contribution in [0.25, 0.3) is 0 Å². The maximum atomic E-state index is 13.1. The number of anilines is 1. The summed E-state index contributed by atoms with van der Waals surface area (Å²) < 4.78 is 0. The van der Waals surface area contributed by atoms with Crippen molar-refractivity contribution in [3.8, 4) is 6.07 Å². The minimum Gasteiger partial charge on any atom is -0.366 e. The number of fused-ring (bicyclic) bond motifs is 3. The van der Waals surface area contributed by atoms with E-state index in [1.54, 1.807) is 28.0 Å². The molecular weight excluding hydrogens is 382 g/mol. The Morgan fingerprint density at radius 3 is 2.80 bits per heavy atom. The van der Waals surface area contributed by atoms with Crippen molar-refractivity contribution in [2.75, 3.05) is 18.0 Å². The van der Waals surface area contributed by atoms with E-state index in [1.807, 2.05) is 13.0 Å². The molecule has 8 heteroatoms. The third-order valence-electron chi connectivity index (χ3n) is 7.12. The van der Waals surface area contributed by atoms with Crippen LogP contribution in [0.2, 0.25) is 0 Å². The van der Waals surface area contributed by atoms with Crippen molar-refractivity contribution in [3.63, 3.8) is 0 Å². The Morgan fingerprint density at radius 2 is 2.10 bits per heavy atom. The van der Waals surface area contributed by atoms with Crippen LogP contribution < -0.4 is 10.6 Å². The molecule has 3 heterocycles. The predicted octanol–water partition coefficient (Wildman–Crippen LogP) is 0.724. The third-order valence-corrected chi connectivity index (χ3v) is 7.12.